The highest BCUT2D eigenvalue weighted by Gasteiger charge is 2.46. The van der Waals surface area contributed by atoms with E-state index in [0.29, 0.717) is 57.7 Å². The number of alkyl halides is 6. The summed E-state index contributed by atoms with van der Waals surface area (Å²) >= 11 is 0.908. The molecule has 2 aromatic carbocycles. The van der Waals surface area contributed by atoms with Crippen molar-refractivity contribution in [3.8, 4) is 0 Å². The standard InChI is InChI=1S/C58H86F6N4O16P2S2/c1-55(2)47-43-45(85(72,79-37-19-9-7-17-35-77-5)81-39-21-14-31-65-53(69)57(59,60)61)27-29-49(47)67(33-16-23-42-88(74,75)76)51(55)25-12-11-13-26-52-56(3,4)48-44-46(28-30-50(48)68(52)34-24-41-87-84-83-71)86(73,80-38-20-10-8-18-36-78-6)82-40-22-15-32-66-54(70)58(62,63)64/h11-13,25-30,43-44H,7-10,14-24,31-42H2,1-6H3,(H3-,65,66,69,70,71,74,75,76)/p+1. The quantitative estimate of drug-likeness (QED) is 0.00554. The van der Waals surface area contributed by atoms with Gasteiger partial charge in [-0.15, -0.1) is 4.33 Å². The fourth-order valence-electron chi connectivity index (χ4n) is 9.97. The lowest BCUT2D eigenvalue weighted by Gasteiger charge is -2.27. The Balaban J connectivity index is 1.68. The van der Waals surface area contributed by atoms with Crippen molar-refractivity contribution in [2.24, 2.45) is 0 Å². The molecule has 2 heterocycles. The third-order valence-electron chi connectivity index (χ3n) is 14.6. The number of anilines is 1. The Morgan fingerprint density at radius 1 is 0.648 bits per heavy atom. The number of amides is 2. The van der Waals surface area contributed by atoms with Gasteiger partial charge < -0.3 is 43.1 Å². The predicted molar refractivity (Wildman–Crippen MR) is 326 cm³/mol. The van der Waals surface area contributed by atoms with Gasteiger partial charge in [-0.1, -0.05) is 62.8 Å². The van der Waals surface area contributed by atoms with Crippen LogP contribution in [-0.4, -0.2) is 144 Å². The SMILES string of the molecule is COCCCCCCOP(=O)(OCCCCNC(=O)C(F)(F)F)c1ccc2c(c1)C(C)(C)C(/C=C/C=C/C=C1\N(CCCCS(=O)(=O)O)c3ccc(P(=O)(OCCCCCCOC)OCCCCNC(=O)C(F)(F)F)cc3C1(C)C)=[N+]2CCCSOOO. The zero-order valence-corrected chi connectivity index (χ0v) is 54.3. The summed E-state index contributed by atoms with van der Waals surface area (Å²) in [6.07, 6.45) is 7.00. The van der Waals surface area contributed by atoms with Crippen molar-refractivity contribution in [1.29, 1.82) is 0 Å². The monoisotopic (exact) mass is 1340 g/mol. The van der Waals surface area contributed by atoms with Crippen LogP contribution in [0.3, 0.4) is 0 Å². The van der Waals surface area contributed by atoms with E-state index >= 15 is 0 Å². The molecule has 498 valence electrons. The van der Waals surface area contributed by atoms with Crippen molar-refractivity contribution in [2.45, 2.75) is 147 Å². The number of carbonyl (C=O) groups excluding carboxylic acids is 2. The zero-order valence-electron chi connectivity index (χ0n) is 50.9. The van der Waals surface area contributed by atoms with E-state index < -0.39 is 66.1 Å². The fourth-order valence-corrected chi connectivity index (χ4v) is 14.2. The fraction of sp³-hybridized carbons (Fsp3) is 0.638. The number of fused-ring (bicyclic) bond motifs is 2. The number of hydrogen-bond acceptors (Lipinski definition) is 17. The normalized spacial score (nSPS) is 16.8. The molecular weight excluding hydrogens is 1250 g/mol. The van der Waals surface area contributed by atoms with Crippen molar-refractivity contribution in [2.75, 3.05) is 96.4 Å². The Morgan fingerprint density at radius 2 is 1.14 bits per heavy atom. The minimum atomic E-state index is -5.03. The number of carbonyl (C=O) groups is 2. The lowest BCUT2D eigenvalue weighted by Crippen LogP contribution is -2.37. The molecule has 0 aromatic heterocycles. The van der Waals surface area contributed by atoms with Crippen LogP contribution in [0.1, 0.15) is 135 Å². The Kier molecular flexibility index (Phi) is 32.1. The van der Waals surface area contributed by atoms with Crippen molar-refractivity contribution < 1.29 is 105 Å². The van der Waals surface area contributed by atoms with Crippen LogP contribution in [0.2, 0.25) is 0 Å². The summed E-state index contributed by atoms with van der Waals surface area (Å²) in [6.45, 7) is 9.31. The number of methoxy groups -OCH3 is 2. The van der Waals surface area contributed by atoms with Gasteiger partial charge in [0.15, 0.2) is 5.71 Å². The average Bonchev–Trinajstić information content (AvgIpc) is 2.08. The molecule has 30 heteroatoms. The lowest BCUT2D eigenvalue weighted by molar-refractivity contribution is -0.438. The van der Waals surface area contributed by atoms with Gasteiger partial charge in [-0.3, -0.25) is 23.3 Å². The Bertz CT molecular complexity index is 2890. The van der Waals surface area contributed by atoms with Crippen molar-refractivity contribution in [1.82, 2.24) is 10.6 Å². The molecule has 2 aliphatic rings. The van der Waals surface area contributed by atoms with E-state index in [-0.39, 0.29) is 82.2 Å². The van der Waals surface area contributed by atoms with Crippen molar-refractivity contribution in [3.05, 3.63) is 83.6 Å². The van der Waals surface area contributed by atoms with Crippen LogP contribution >= 0.6 is 27.2 Å². The summed E-state index contributed by atoms with van der Waals surface area (Å²) in [4.78, 5) is 24.7. The van der Waals surface area contributed by atoms with E-state index in [2.05, 4.69) is 13.9 Å². The molecule has 88 heavy (non-hydrogen) atoms. The summed E-state index contributed by atoms with van der Waals surface area (Å²) in [5, 5.41) is 16.7. The molecule has 2 atom stereocenters. The van der Waals surface area contributed by atoms with Gasteiger partial charge in [-0.2, -0.15) is 39.3 Å². The molecule has 0 spiro atoms. The third-order valence-corrected chi connectivity index (χ3v) is 19.9. The maximum absolute atomic E-state index is 14.8. The van der Waals surface area contributed by atoms with Gasteiger partial charge in [0, 0.05) is 106 Å². The van der Waals surface area contributed by atoms with Gasteiger partial charge in [-0.05, 0) is 120 Å². The minimum absolute atomic E-state index is 0.0848. The number of unbranched alkanes of at least 4 members (excludes halogenated alkanes) is 9. The van der Waals surface area contributed by atoms with Gasteiger partial charge in [0.2, 0.25) is 5.69 Å². The second kappa shape index (κ2) is 36.9. The van der Waals surface area contributed by atoms with Crippen LogP contribution in [-0.2, 0) is 76.6 Å². The van der Waals surface area contributed by atoms with Crippen LogP contribution in [0.5, 0.6) is 0 Å². The lowest BCUT2D eigenvalue weighted by atomic mass is 9.81. The summed E-state index contributed by atoms with van der Waals surface area (Å²) in [7, 11) is -9.12. The summed E-state index contributed by atoms with van der Waals surface area (Å²) in [5.41, 5.74) is 3.21. The first-order valence-corrected chi connectivity index (χ1v) is 35.0. The van der Waals surface area contributed by atoms with Crippen LogP contribution in [0, 0.1) is 0 Å². The molecule has 2 amide bonds. The third kappa shape index (κ3) is 24.2. The molecule has 2 unspecified atom stereocenters. The highest BCUT2D eigenvalue weighted by Crippen LogP contribution is 2.53. The number of nitrogens with one attached hydrogen (secondary N) is 2. The average molecular weight is 1340 g/mol. The molecule has 0 saturated heterocycles. The largest absolute Gasteiger partial charge is 0.471 e. The topological polar surface area (TPSA) is 247 Å². The number of allylic oxidation sites excluding steroid dienone is 6. The van der Waals surface area contributed by atoms with E-state index in [1.165, 1.54) is 0 Å². The second-order valence-electron chi connectivity index (χ2n) is 22.0. The zero-order chi connectivity index (χ0) is 65.1. The van der Waals surface area contributed by atoms with E-state index in [4.69, 9.17) is 32.8 Å². The van der Waals surface area contributed by atoms with Crippen LogP contribution in [0.4, 0.5) is 37.7 Å². The van der Waals surface area contributed by atoms with E-state index in [0.717, 1.165) is 84.5 Å². The molecular formula is C58H87F6N4O16P2S2+. The van der Waals surface area contributed by atoms with Crippen molar-refractivity contribution >= 4 is 76.9 Å². The molecule has 2 aromatic rings. The molecule has 4 N–H and O–H groups in total. The van der Waals surface area contributed by atoms with E-state index in [9.17, 15) is 58.0 Å². The van der Waals surface area contributed by atoms with Gasteiger partial charge in [-0.25, -0.2) is 5.26 Å². The highest BCUT2D eigenvalue weighted by molar-refractivity contribution is 7.94. The summed E-state index contributed by atoms with van der Waals surface area (Å²) in [5.74, 6) is -4.13. The van der Waals surface area contributed by atoms with E-state index in [1.807, 2.05) is 79.7 Å². The molecule has 4 rings (SSSR count). The number of nitrogens with zero attached hydrogens (tertiary/aromatic N) is 2. The maximum Gasteiger partial charge on any atom is 0.471 e. The first-order valence-electron chi connectivity index (χ1n) is 29.4. The maximum atomic E-state index is 14.8. The van der Waals surface area contributed by atoms with Gasteiger partial charge >= 0.3 is 39.4 Å². The van der Waals surface area contributed by atoms with Gasteiger partial charge in [0.1, 0.15) is 6.54 Å². The number of benzene rings is 2. The molecule has 0 bridgehead atoms. The van der Waals surface area contributed by atoms with E-state index in [1.54, 1.807) is 44.6 Å². The molecule has 0 saturated carbocycles. The number of halogens is 6. The van der Waals surface area contributed by atoms with Crippen LogP contribution in [0.25, 0.3) is 0 Å². The summed E-state index contributed by atoms with van der Waals surface area (Å²) in [6, 6.07) is 10.5. The van der Waals surface area contributed by atoms with Crippen molar-refractivity contribution in [3.63, 3.8) is 0 Å². The molecule has 2 aliphatic heterocycles. The highest BCUT2D eigenvalue weighted by atomic mass is 32.2. The molecule has 0 aliphatic carbocycles. The molecule has 0 fully saturated rings. The Labute approximate surface area is 517 Å². The first kappa shape index (κ1) is 76.5. The number of hydrogen-bond donors (Lipinski definition) is 4. The Morgan fingerprint density at radius 3 is 1.62 bits per heavy atom. The predicted octanol–water partition coefficient (Wildman–Crippen LogP) is 12.0. The first-order chi connectivity index (χ1) is 41.6. The molecule has 20 nitrogen and oxygen atoms in total. The number of rotatable bonds is 44. The second-order valence-corrected chi connectivity index (χ2v) is 28.4. The van der Waals surface area contributed by atoms with Crippen LogP contribution < -0.4 is 26.1 Å². The summed E-state index contributed by atoms with van der Waals surface area (Å²) < 4.78 is 180. The number of ether oxygens (including phenoxy) is 2. The Hall–Kier alpha value is -3.99. The van der Waals surface area contributed by atoms with Gasteiger partial charge in [0.25, 0.3) is 10.1 Å². The van der Waals surface area contributed by atoms with Crippen LogP contribution in [0.15, 0.2) is 72.5 Å². The molecule has 0 radical (unpaired) electrons. The smallest absolute Gasteiger partial charge is 0.385 e. The van der Waals surface area contributed by atoms with Gasteiger partial charge in [0.05, 0.1) is 48.2 Å². The minimum Gasteiger partial charge on any atom is -0.385 e.